The average molecular weight is 297 g/mol. The number of hydrogen-bond acceptors (Lipinski definition) is 3. The second-order valence-corrected chi connectivity index (χ2v) is 5.45. The predicted molar refractivity (Wildman–Crippen MR) is 74.0 cm³/mol. The van der Waals surface area contributed by atoms with Crippen LogP contribution in [0.3, 0.4) is 0 Å². The zero-order valence-electron chi connectivity index (χ0n) is 9.84. The van der Waals surface area contributed by atoms with Crippen molar-refractivity contribution in [2.24, 2.45) is 0 Å². The van der Waals surface area contributed by atoms with E-state index in [1.807, 2.05) is 0 Å². The standard InChI is InChI=1S/C13H17BrN2O/c14-12-9-11(16-4-6-17-7-5-16)8-10-2-1-3-15-13(10)12/h8-9,15H,1-7H2. The van der Waals surface area contributed by atoms with Gasteiger partial charge in [0.05, 0.1) is 18.9 Å². The number of aryl methyl sites for hydroxylation is 1. The highest BCUT2D eigenvalue weighted by Crippen LogP contribution is 2.35. The van der Waals surface area contributed by atoms with Gasteiger partial charge in [-0.1, -0.05) is 0 Å². The Hall–Kier alpha value is -0.740. The minimum atomic E-state index is 0.840. The molecule has 0 radical (unpaired) electrons. The van der Waals surface area contributed by atoms with Gasteiger partial charge in [0.1, 0.15) is 0 Å². The SMILES string of the molecule is Brc1cc(N2CCOCC2)cc2c1NCCC2. The first-order valence-electron chi connectivity index (χ1n) is 6.23. The van der Waals surface area contributed by atoms with Gasteiger partial charge >= 0.3 is 0 Å². The molecule has 2 heterocycles. The Bertz CT molecular complexity index is 416. The molecular formula is C13H17BrN2O. The van der Waals surface area contributed by atoms with Gasteiger partial charge in [-0.2, -0.15) is 0 Å². The van der Waals surface area contributed by atoms with Crippen molar-refractivity contribution in [3.63, 3.8) is 0 Å². The van der Waals surface area contributed by atoms with Gasteiger partial charge < -0.3 is 15.0 Å². The van der Waals surface area contributed by atoms with Crippen LogP contribution in [0.25, 0.3) is 0 Å². The van der Waals surface area contributed by atoms with Gasteiger partial charge in [0.25, 0.3) is 0 Å². The molecule has 17 heavy (non-hydrogen) atoms. The molecule has 0 unspecified atom stereocenters. The number of nitrogens with one attached hydrogen (secondary N) is 1. The first-order valence-corrected chi connectivity index (χ1v) is 7.03. The maximum atomic E-state index is 5.40. The summed E-state index contributed by atoms with van der Waals surface area (Å²) < 4.78 is 6.59. The second-order valence-electron chi connectivity index (χ2n) is 4.59. The molecule has 0 saturated carbocycles. The van der Waals surface area contributed by atoms with Gasteiger partial charge in [-0.3, -0.25) is 0 Å². The number of nitrogens with zero attached hydrogens (tertiary/aromatic N) is 1. The molecule has 0 spiro atoms. The zero-order valence-corrected chi connectivity index (χ0v) is 11.4. The number of rotatable bonds is 1. The molecule has 0 bridgehead atoms. The van der Waals surface area contributed by atoms with E-state index in [1.165, 1.54) is 34.3 Å². The fourth-order valence-corrected chi connectivity index (χ4v) is 3.17. The summed E-state index contributed by atoms with van der Waals surface area (Å²) >= 11 is 3.68. The molecule has 3 rings (SSSR count). The van der Waals surface area contributed by atoms with Crippen LogP contribution in [0.5, 0.6) is 0 Å². The van der Waals surface area contributed by atoms with Crippen molar-refractivity contribution in [2.75, 3.05) is 43.1 Å². The van der Waals surface area contributed by atoms with Crippen molar-refractivity contribution in [3.05, 3.63) is 22.2 Å². The second kappa shape index (κ2) is 4.86. The molecule has 4 heteroatoms. The molecule has 1 N–H and O–H groups in total. The summed E-state index contributed by atoms with van der Waals surface area (Å²) in [5.74, 6) is 0. The van der Waals surface area contributed by atoms with E-state index < -0.39 is 0 Å². The molecule has 0 atom stereocenters. The van der Waals surface area contributed by atoms with Crippen LogP contribution in [0.15, 0.2) is 16.6 Å². The fraction of sp³-hybridized carbons (Fsp3) is 0.538. The average Bonchev–Trinajstić information content (AvgIpc) is 2.40. The van der Waals surface area contributed by atoms with Gasteiger partial charge in [0.2, 0.25) is 0 Å². The summed E-state index contributed by atoms with van der Waals surface area (Å²) in [7, 11) is 0. The van der Waals surface area contributed by atoms with Crippen molar-refractivity contribution in [1.29, 1.82) is 0 Å². The van der Waals surface area contributed by atoms with Crippen LogP contribution in [-0.4, -0.2) is 32.8 Å². The van der Waals surface area contributed by atoms with Gasteiger partial charge in [0, 0.05) is 29.8 Å². The monoisotopic (exact) mass is 296 g/mol. The van der Waals surface area contributed by atoms with Crippen molar-refractivity contribution in [1.82, 2.24) is 0 Å². The van der Waals surface area contributed by atoms with E-state index in [1.54, 1.807) is 0 Å². The maximum Gasteiger partial charge on any atom is 0.0642 e. The smallest absolute Gasteiger partial charge is 0.0642 e. The molecule has 0 aliphatic carbocycles. The molecule has 2 aliphatic heterocycles. The van der Waals surface area contributed by atoms with Gasteiger partial charge in [-0.15, -0.1) is 0 Å². The molecule has 2 aliphatic rings. The Kier molecular flexibility index (Phi) is 3.25. The number of ether oxygens (including phenoxy) is 1. The topological polar surface area (TPSA) is 24.5 Å². The van der Waals surface area contributed by atoms with Gasteiger partial charge in [0.15, 0.2) is 0 Å². The number of fused-ring (bicyclic) bond motifs is 1. The Morgan fingerprint density at radius 1 is 1.24 bits per heavy atom. The van der Waals surface area contributed by atoms with Crippen molar-refractivity contribution < 1.29 is 4.74 Å². The summed E-state index contributed by atoms with van der Waals surface area (Å²) in [4.78, 5) is 2.41. The van der Waals surface area contributed by atoms with E-state index in [9.17, 15) is 0 Å². The summed E-state index contributed by atoms with van der Waals surface area (Å²) in [6.07, 6.45) is 2.41. The largest absolute Gasteiger partial charge is 0.384 e. The summed E-state index contributed by atoms with van der Waals surface area (Å²) in [6.45, 7) is 4.76. The normalized spacial score (nSPS) is 19.7. The predicted octanol–water partition coefficient (Wildman–Crippen LogP) is 2.64. The molecule has 3 nitrogen and oxygen atoms in total. The molecule has 1 aromatic carbocycles. The lowest BCUT2D eigenvalue weighted by Crippen LogP contribution is -2.36. The van der Waals surface area contributed by atoms with E-state index in [0.717, 1.165) is 32.8 Å². The van der Waals surface area contributed by atoms with Crippen molar-refractivity contribution >= 4 is 27.3 Å². The van der Waals surface area contributed by atoms with E-state index in [2.05, 4.69) is 38.3 Å². The third kappa shape index (κ3) is 2.29. The van der Waals surface area contributed by atoms with Gasteiger partial charge in [-0.05, 0) is 46.5 Å². The maximum absolute atomic E-state index is 5.40. The Labute approximate surface area is 110 Å². The molecule has 0 aromatic heterocycles. The quantitative estimate of drug-likeness (QED) is 0.862. The summed E-state index contributed by atoms with van der Waals surface area (Å²) in [6, 6.07) is 4.56. The first kappa shape index (κ1) is 11.4. The third-order valence-electron chi connectivity index (χ3n) is 3.46. The number of anilines is 2. The van der Waals surface area contributed by atoms with Gasteiger partial charge in [-0.25, -0.2) is 0 Å². The molecule has 1 saturated heterocycles. The minimum absolute atomic E-state index is 0.840. The minimum Gasteiger partial charge on any atom is -0.384 e. The number of halogens is 1. The van der Waals surface area contributed by atoms with Crippen LogP contribution in [0.4, 0.5) is 11.4 Å². The van der Waals surface area contributed by atoms with Crippen LogP contribution < -0.4 is 10.2 Å². The lowest BCUT2D eigenvalue weighted by molar-refractivity contribution is 0.122. The van der Waals surface area contributed by atoms with Crippen LogP contribution in [0, 0.1) is 0 Å². The molecule has 92 valence electrons. The van der Waals surface area contributed by atoms with Crippen molar-refractivity contribution in [2.45, 2.75) is 12.8 Å². The van der Waals surface area contributed by atoms with E-state index in [4.69, 9.17) is 4.74 Å². The van der Waals surface area contributed by atoms with E-state index >= 15 is 0 Å². The highest BCUT2D eigenvalue weighted by Gasteiger charge is 2.17. The third-order valence-corrected chi connectivity index (χ3v) is 4.08. The Morgan fingerprint density at radius 3 is 2.88 bits per heavy atom. The molecule has 1 aromatic rings. The highest BCUT2D eigenvalue weighted by molar-refractivity contribution is 9.10. The Morgan fingerprint density at radius 2 is 2.06 bits per heavy atom. The first-order chi connectivity index (χ1) is 8.34. The van der Waals surface area contributed by atoms with Crippen LogP contribution >= 0.6 is 15.9 Å². The number of morpholine rings is 1. The number of hydrogen-bond donors (Lipinski definition) is 1. The summed E-state index contributed by atoms with van der Waals surface area (Å²) in [5, 5.41) is 3.47. The Balaban J connectivity index is 1.92. The highest BCUT2D eigenvalue weighted by atomic mass is 79.9. The van der Waals surface area contributed by atoms with Crippen LogP contribution in [-0.2, 0) is 11.2 Å². The zero-order chi connectivity index (χ0) is 11.7. The molecule has 1 fully saturated rings. The van der Waals surface area contributed by atoms with E-state index in [-0.39, 0.29) is 0 Å². The van der Waals surface area contributed by atoms with Crippen LogP contribution in [0.1, 0.15) is 12.0 Å². The molecular weight excluding hydrogens is 280 g/mol. The van der Waals surface area contributed by atoms with Crippen LogP contribution in [0.2, 0.25) is 0 Å². The van der Waals surface area contributed by atoms with Crippen molar-refractivity contribution in [3.8, 4) is 0 Å². The lowest BCUT2D eigenvalue weighted by Gasteiger charge is -2.30. The summed E-state index contributed by atoms with van der Waals surface area (Å²) in [5.41, 5.74) is 4.04. The molecule has 0 amide bonds. The lowest BCUT2D eigenvalue weighted by atomic mass is 10.0. The fourth-order valence-electron chi connectivity index (χ4n) is 2.54. The van der Waals surface area contributed by atoms with E-state index in [0.29, 0.717) is 0 Å². The number of benzene rings is 1.